The fourth-order valence-corrected chi connectivity index (χ4v) is 1.45. The standard InChI is InChI=1S/C11H17N3O2/c1-3-12-8-9-5-6-10(13-4-2)11(7-9)14(15)16/h5-7,12-13H,3-4,8H2,1-2H3. The van der Waals surface area contributed by atoms with Crippen molar-refractivity contribution in [3.8, 4) is 0 Å². The number of rotatable bonds is 6. The minimum Gasteiger partial charge on any atom is -0.380 e. The molecule has 88 valence electrons. The second-order valence-electron chi connectivity index (χ2n) is 3.42. The molecule has 0 saturated carbocycles. The van der Waals surface area contributed by atoms with Crippen molar-refractivity contribution < 1.29 is 4.92 Å². The zero-order chi connectivity index (χ0) is 12.0. The van der Waals surface area contributed by atoms with Crippen molar-refractivity contribution in [2.24, 2.45) is 0 Å². The molecule has 0 aliphatic heterocycles. The largest absolute Gasteiger partial charge is 0.380 e. The van der Waals surface area contributed by atoms with Crippen molar-refractivity contribution in [1.82, 2.24) is 5.32 Å². The summed E-state index contributed by atoms with van der Waals surface area (Å²) in [6.07, 6.45) is 0. The first-order valence-electron chi connectivity index (χ1n) is 5.41. The van der Waals surface area contributed by atoms with Gasteiger partial charge < -0.3 is 10.6 Å². The van der Waals surface area contributed by atoms with Crippen LogP contribution < -0.4 is 10.6 Å². The SMILES string of the molecule is CCNCc1ccc(NCC)c([N+](=O)[O-])c1. The van der Waals surface area contributed by atoms with Crippen LogP contribution in [0.2, 0.25) is 0 Å². The Labute approximate surface area is 95.0 Å². The summed E-state index contributed by atoms with van der Waals surface area (Å²) < 4.78 is 0. The lowest BCUT2D eigenvalue weighted by Gasteiger charge is -2.07. The average molecular weight is 223 g/mol. The summed E-state index contributed by atoms with van der Waals surface area (Å²) in [6.45, 7) is 6.09. The highest BCUT2D eigenvalue weighted by Gasteiger charge is 2.13. The molecule has 0 aromatic heterocycles. The summed E-state index contributed by atoms with van der Waals surface area (Å²) in [5, 5.41) is 17.0. The molecule has 0 atom stereocenters. The van der Waals surface area contributed by atoms with Gasteiger partial charge in [0.05, 0.1) is 4.92 Å². The molecule has 0 unspecified atom stereocenters. The van der Waals surface area contributed by atoms with Crippen LogP contribution in [0.5, 0.6) is 0 Å². The van der Waals surface area contributed by atoms with E-state index in [1.807, 2.05) is 19.9 Å². The van der Waals surface area contributed by atoms with Gasteiger partial charge in [0.25, 0.3) is 5.69 Å². The van der Waals surface area contributed by atoms with Crippen LogP contribution in [-0.4, -0.2) is 18.0 Å². The van der Waals surface area contributed by atoms with E-state index in [0.29, 0.717) is 18.8 Å². The lowest BCUT2D eigenvalue weighted by Crippen LogP contribution is -2.12. The van der Waals surface area contributed by atoms with Gasteiger partial charge in [-0.2, -0.15) is 0 Å². The monoisotopic (exact) mass is 223 g/mol. The van der Waals surface area contributed by atoms with E-state index in [1.54, 1.807) is 12.1 Å². The zero-order valence-electron chi connectivity index (χ0n) is 9.62. The van der Waals surface area contributed by atoms with Crippen LogP contribution in [0.3, 0.4) is 0 Å². The molecular formula is C11H17N3O2. The lowest BCUT2D eigenvalue weighted by molar-refractivity contribution is -0.384. The van der Waals surface area contributed by atoms with Crippen molar-refractivity contribution in [2.45, 2.75) is 20.4 Å². The number of hydrogen-bond acceptors (Lipinski definition) is 4. The smallest absolute Gasteiger partial charge is 0.292 e. The average Bonchev–Trinajstić information content (AvgIpc) is 2.27. The summed E-state index contributed by atoms with van der Waals surface area (Å²) in [5.41, 5.74) is 1.64. The van der Waals surface area contributed by atoms with Crippen molar-refractivity contribution in [3.63, 3.8) is 0 Å². The quantitative estimate of drug-likeness (QED) is 0.572. The molecule has 0 aliphatic rings. The molecular weight excluding hydrogens is 206 g/mol. The molecule has 0 amide bonds. The summed E-state index contributed by atoms with van der Waals surface area (Å²) in [5.74, 6) is 0. The highest BCUT2D eigenvalue weighted by molar-refractivity contribution is 5.62. The molecule has 0 saturated heterocycles. The predicted molar refractivity (Wildman–Crippen MR) is 64.6 cm³/mol. The molecule has 0 heterocycles. The number of hydrogen-bond donors (Lipinski definition) is 2. The molecule has 0 fully saturated rings. The van der Waals surface area contributed by atoms with Crippen LogP contribution in [0.15, 0.2) is 18.2 Å². The molecule has 16 heavy (non-hydrogen) atoms. The third-order valence-electron chi connectivity index (χ3n) is 2.21. The Hall–Kier alpha value is -1.62. The van der Waals surface area contributed by atoms with E-state index in [-0.39, 0.29) is 10.6 Å². The molecule has 1 aromatic carbocycles. The maximum Gasteiger partial charge on any atom is 0.292 e. The number of nitro benzene ring substituents is 1. The molecule has 0 aliphatic carbocycles. The maximum atomic E-state index is 10.9. The van der Waals surface area contributed by atoms with Crippen molar-refractivity contribution in [3.05, 3.63) is 33.9 Å². The molecule has 5 heteroatoms. The van der Waals surface area contributed by atoms with E-state index in [9.17, 15) is 10.1 Å². The number of nitrogens with zero attached hydrogens (tertiary/aromatic N) is 1. The molecule has 0 spiro atoms. The maximum absolute atomic E-state index is 10.9. The molecule has 0 bridgehead atoms. The normalized spacial score (nSPS) is 10.1. The van der Waals surface area contributed by atoms with Crippen LogP contribution in [0.25, 0.3) is 0 Å². The minimum absolute atomic E-state index is 0.136. The van der Waals surface area contributed by atoms with Gasteiger partial charge in [0.15, 0.2) is 0 Å². The van der Waals surface area contributed by atoms with Gasteiger partial charge in [-0.3, -0.25) is 10.1 Å². The Balaban J connectivity index is 2.93. The minimum atomic E-state index is -0.354. The second-order valence-corrected chi connectivity index (χ2v) is 3.42. The summed E-state index contributed by atoms with van der Waals surface area (Å²) in [6, 6.07) is 5.27. The summed E-state index contributed by atoms with van der Waals surface area (Å²) >= 11 is 0. The van der Waals surface area contributed by atoms with Gasteiger partial charge in [-0.1, -0.05) is 13.0 Å². The van der Waals surface area contributed by atoms with E-state index < -0.39 is 0 Å². The predicted octanol–water partition coefficient (Wildman–Crippen LogP) is 2.14. The number of anilines is 1. The van der Waals surface area contributed by atoms with E-state index in [2.05, 4.69) is 10.6 Å². The Morgan fingerprint density at radius 1 is 1.31 bits per heavy atom. The van der Waals surface area contributed by atoms with Crippen molar-refractivity contribution >= 4 is 11.4 Å². The molecule has 5 nitrogen and oxygen atoms in total. The van der Waals surface area contributed by atoms with Gasteiger partial charge >= 0.3 is 0 Å². The molecule has 1 aromatic rings. The Morgan fingerprint density at radius 3 is 2.62 bits per heavy atom. The van der Waals surface area contributed by atoms with Crippen LogP contribution in [0.1, 0.15) is 19.4 Å². The number of nitrogens with one attached hydrogen (secondary N) is 2. The van der Waals surface area contributed by atoms with Gasteiger partial charge in [0.2, 0.25) is 0 Å². The molecule has 1 rings (SSSR count). The van der Waals surface area contributed by atoms with Crippen molar-refractivity contribution in [2.75, 3.05) is 18.4 Å². The molecule has 0 radical (unpaired) electrons. The van der Waals surface area contributed by atoms with Crippen LogP contribution in [-0.2, 0) is 6.54 Å². The topological polar surface area (TPSA) is 67.2 Å². The summed E-state index contributed by atoms with van der Waals surface area (Å²) in [4.78, 5) is 10.5. The van der Waals surface area contributed by atoms with Crippen molar-refractivity contribution in [1.29, 1.82) is 0 Å². The third kappa shape index (κ3) is 3.20. The first-order valence-corrected chi connectivity index (χ1v) is 5.41. The number of benzene rings is 1. The fraction of sp³-hybridized carbons (Fsp3) is 0.455. The van der Waals surface area contributed by atoms with Gasteiger partial charge in [-0.05, 0) is 25.1 Å². The van der Waals surface area contributed by atoms with Gasteiger partial charge in [0, 0.05) is 19.2 Å². The van der Waals surface area contributed by atoms with E-state index >= 15 is 0 Å². The highest BCUT2D eigenvalue weighted by atomic mass is 16.6. The van der Waals surface area contributed by atoms with E-state index in [1.165, 1.54) is 0 Å². The van der Waals surface area contributed by atoms with E-state index in [4.69, 9.17) is 0 Å². The lowest BCUT2D eigenvalue weighted by atomic mass is 10.1. The van der Waals surface area contributed by atoms with Crippen LogP contribution >= 0.6 is 0 Å². The fourth-order valence-electron chi connectivity index (χ4n) is 1.45. The van der Waals surface area contributed by atoms with E-state index in [0.717, 1.165) is 12.1 Å². The Bertz CT molecular complexity index is 366. The van der Waals surface area contributed by atoms with Gasteiger partial charge in [-0.25, -0.2) is 0 Å². The summed E-state index contributed by atoms with van der Waals surface area (Å²) in [7, 11) is 0. The highest BCUT2D eigenvalue weighted by Crippen LogP contribution is 2.25. The first kappa shape index (κ1) is 12.4. The van der Waals surface area contributed by atoms with Gasteiger partial charge in [0.1, 0.15) is 5.69 Å². The van der Waals surface area contributed by atoms with Crippen LogP contribution in [0.4, 0.5) is 11.4 Å². The van der Waals surface area contributed by atoms with Gasteiger partial charge in [-0.15, -0.1) is 0 Å². The number of nitro groups is 1. The Morgan fingerprint density at radius 2 is 2.06 bits per heavy atom. The second kappa shape index (κ2) is 6.07. The zero-order valence-corrected chi connectivity index (χ0v) is 9.62. The Kier molecular flexibility index (Phi) is 4.72. The third-order valence-corrected chi connectivity index (χ3v) is 2.21. The first-order chi connectivity index (χ1) is 7.69. The van der Waals surface area contributed by atoms with Crippen LogP contribution in [0, 0.1) is 10.1 Å². The molecule has 2 N–H and O–H groups in total.